The number of nitrogens with zero attached hydrogens (tertiary/aromatic N) is 1. The lowest BCUT2D eigenvalue weighted by atomic mass is 10.1. The molecule has 3 N–H and O–H groups in total. The predicted molar refractivity (Wildman–Crippen MR) is 86.2 cm³/mol. The molecule has 0 unspecified atom stereocenters. The molecule has 0 aliphatic carbocycles. The summed E-state index contributed by atoms with van der Waals surface area (Å²) in [5, 5.41) is 2.50. The summed E-state index contributed by atoms with van der Waals surface area (Å²) < 4.78 is 13.5. The zero-order chi connectivity index (χ0) is 15.4. The first kappa shape index (κ1) is 14.9. The molecule has 21 heavy (non-hydrogen) atoms. The third kappa shape index (κ3) is 3.35. The first-order chi connectivity index (χ1) is 10.0. The number of thiocarbonyl (C=S) groups is 1. The molecule has 6 heteroatoms. The summed E-state index contributed by atoms with van der Waals surface area (Å²) in [4.78, 5) is 13.7. The molecular weight excluding hydrogens is 289 g/mol. The lowest BCUT2D eigenvalue weighted by Crippen LogP contribution is -2.33. The van der Waals surface area contributed by atoms with E-state index in [0.717, 1.165) is 0 Å². The normalized spacial score (nSPS) is 10.0. The maximum atomic E-state index is 13.5. The van der Waals surface area contributed by atoms with Gasteiger partial charge in [-0.2, -0.15) is 0 Å². The van der Waals surface area contributed by atoms with Crippen LogP contribution in [0.3, 0.4) is 0 Å². The fourth-order valence-corrected chi connectivity index (χ4v) is 2.02. The third-order valence-electron chi connectivity index (χ3n) is 2.95. The van der Waals surface area contributed by atoms with Crippen molar-refractivity contribution in [3.63, 3.8) is 0 Å². The van der Waals surface area contributed by atoms with Crippen LogP contribution >= 0.6 is 12.2 Å². The Balaban J connectivity index is 2.24. The van der Waals surface area contributed by atoms with Crippen molar-refractivity contribution in [1.29, 1.82) is 0 Å². The van der Waals surface area contributed by atoms with Crippen LogP contribution in [0.4, 0.5) is 20.6 Å². The second kappa shape index (κ2) is 6.32. The largest absolute Gasteiger partial charge is 0.389 e. The quantitative estimate of drug-likeness (QED) is 0.857. The van der Waals surface area contributed by atoms with E-state index in [9.17, 15) is 9.18 Å². The van der Waals surface area contributed by atoms with E-state index in [1.54, 1.807) is 43.4 Å². The monoisotopic (exact) mass is 303 g/mol. The minimum Gasteiger partial charge on any atom is -0.389 e. The average molecular weight is 303 g/mol. The summed E-state index contributed by atoms with van der Waals surface area (Å²) in [5.41, 5.74) is 6.89. The second-order valence-corrected chi connectivity index (χ2v) is 4.79. The van der Waals surface area contributed by atoms with Crippen LogP contribution < -0.4 is 16.0 Å². The maximum Gasteiger partial charge on any atom is 0.326 e. The number of benzene rings is 2. The molecule has 108 valence electrons. The number of carbonyl (C=O) groups is 1. The molecule has 2 aromatic rings. The number of anilines is 2. The maximum absolute atomic E-state index is 13.5. The van der Waals surface area contributed by atoms with Crippen molar-refractivity contribution >= 4 is 34.6 Å². The van der Waals surface area contributed by atoms with Crippen molar-refractivity contribution < 1.29 is 9.18 Å². The van der Waals surface area contributed by atoms with Gasteiger partial charge in [0.1, 0.15) is 10.8 Å². The summed E-state index contributed by atoms with van der Waals surface area (Å²) in [6.45, 7) is 0. The minimum atomic E-state index is -0.498. The van der Waals surface area contributed by atoms with Gasteiger partial charge in [0, 0.05) is 12.6 Å². The number of carbonyl (C=O) groups excluding carboxylic acids is 1. The lowest BCUT2D eigenvalue weighted by Gasteiger charge is -2.21. The summed E-state index contributed by atoms with van der Waals surface area (Å²) in [5.74, 6) is -0.498. The van der Waals surface area contributed by atoms with Gasteiger partial charge in [-0.15, -0.1) is 0 Å². The van der Waals surface area contributed by atoms with E-state index in [-0.39, 0.29) is 10.7 Å². The van der Waals surface area contributed by atoms with Crippen molar-refractivity contribution in [2.75, 3.05) is 17.3 Å². The molecule has 0 aliphatic heterocycles. The smallest absolute Gasteiger partial charge is 0.326 e. The van der Waals surface area contributed by atoms with Gasteiger partial charge in [0.05, 0.1) is 11.4 Å². The van der Waals surface area contributed by atoms with E-state index in [4.69, 9.17) is 18.0 Å². The first-order valence-electron chi connectivity index (χ1n) is 6.19. The van der Waals surface area contributed by atoms with Crippen molar-refractivity contribution in [3.05, 3.63) is 59.9 Å². The topological polar surface area (TPSA) is 58.4 Å². The summed E-state index contributed by atoms with van der Waals surface area (Å²) in [6, 6.07) is 12.5. The molecule has 2 amide bonds. The molecule has 0 saturated heterocycles. The van der Waals surface area contributed by atoms with Crippen LogP contribution in [0.5, 0.6) is 0 Å². The number of rotatable bonds is 3. The van der Waals surface area contributed by atoms with Crippen LogP contribution in [-0.2, 0) is 0 Å². The van der Waals surface area contributed by atoms with Crippen LogP contribution in [-0.4, -0.2) is 18.1 Å². The van der Waals surface area contributed by atoms with Gasteiger partial charge in [0.25, 0.3) is 0 Å². The van der Waals surface area contributed by atoms with E-state index < -0.39 is 11.8 Å². The highest BCUT2D eigenvalue weighted by Gasteiger charge is 2.16. The number of nitrogens with one attached hydrogen (secondary N) is 1. The van der Waals surface area contributed by atoms with Gasteiger partial charge in [0.2, 0.25) is 0 Å². The molecule has 0 heterocycles. The van der Waals surface area contributed by atoms with E-state index in [1.807, 2.05) is 0 Å². The number of amides is 2. The summed E-state index contributed by atoms with van der Waals surface area (Å²) in [7, 11) is 1.56. The number of hydrogen-bond acceptors (Lipinski definition) is 2. The number of urea groups is 1. The predicted octanol–water partition coefficient (Wildman–Crippen LogP) is 3.13. The Morgan fingerprint density at radius 1 is 1.19 bits per heavy atom. The number of nitrogens with two attached hydrogens (primary N) is 1. The highest BCUT2D eigenvalue weighted by molar-refractivity contribution is 7.80. The SMILES string of the molecule is CN(C(=O)Nc1ccccc1F)c1ccccc1C(N)=S. The van der Waals surface area contributed by atoms with Gasteiger partial charge in [0.15, 0.2) is 0 Å². The molecule has 0 spiro atoms. The van der Waals surface area contributed by atoms with Crippen LogP contribution in [0.1, 0.15) is 5.56 Å². The van der Waals surface area contributed by atoms with Crippen molar-refractivity contribution in [2.24, 2.45) is 5.73 Å². The highest BCUT2D eigenvalue weighted by atomic mass is 32.1. The van der Waals surface area contributed by atoms with E-state index in [0.29, 0.717) is 11.3 Å². The fourth-order valence-electron chi connectivity index (χ4n) is 1.85. The van der Waals surface area contributed by atoms with Gasteiger partial charge in [-0.25, -0.2) is 9.18 Å². The van der Waals surface area contributed by atoms with Gasteiger partial charge in [-0.05, 0) is 24.3 Å². The van der Waals surface area contributed by atoms with Crippen molar-refractivity contribution in [1.82, 2.24) is 0 Å². The van der Waals surface area contributed by atoms with Crippen molar-refractivity contribution in [3.8, 4) is 0 Å². The Kier molecular flexibility index (Phi) is 4.49. The van der Waals surface area contributed by atoms with E-state index in [2.05, 4.69) is 5.32 Å². The third-order valence-corrected chi connectivity index (χ3v) is 3.17. The van der Waals surface area contributed by atoms with Gasteiger partial charge in [-0.3, -0.25) is 4.90 Å². The Morgan fingerprint density at radius 2 is 1.81 bits per heavy atom. The summed E-state index contributed by atoms with van der Waals surface area (Å²) in [6.07, 6.45) is 0. The molecular formula is C15H14FN3OS. The molecule has 0 bridgehead atoms. The Morgan fingerprint density at radius 3 is 2.48 bits per heavy atom. The van der Waals surface area contributed by atoms with E-state index in [1.165, 1.54) is 17.0 Å². The molecule has 0 aliphatic rings. The van der Waals surface area contributed by atoms with E-state index >= 15 is 0 Å². The highest BCUT2D eigenvalue weighted by Crippen LogP contribution is 2.21. The van der Waals surface area contributed by atoms with Gasteiger partial charge in [-0.1, -0.05) is 36.5 Å². The van der Waals surface area contributed by atoms with Crippen molar-refractivity contribution in [2.45, 2.75) is 0 Å². The Bertz CT molecular complexity index is 690. The molecule has 2 rings (SSSR count). The van der Waals surface area contributed by atoms with Crippen LogP contribution in [0, 0.1) is 5.82 Å². The number of para-hydroxylation sites is 2. The Labute approximate surface area is 127 Å². The molecule has 4 nitrogen and oxygen atoms in total. The van der Waals surface area contributed by atoms with Gasteiger partial charge >= 0.3 is 6.03 Å². The molecule has 0 atom stereocenters. The summed E-state index contributed by atoms with van der Waals surface area (Å²) >= 11 is 4.97. The first-order valence-corrected chi connectivity index (χ1v) is 6.59. The lowest BCUT2D eigenvalue weighted by molar-refractivity contribution is 0.258. The van der Waals surface area contributed by atoms with Crippen LogP contribution in [0.25, 0.3) is 0 Å². The van der Waals surface area contributed by atoms with Crippen LogP contribution in [0.2, 0.25) is 0 Å². The fraction of sp³-hybridized carbons (Fsp3) is 0.0667. The minimum absolute atomic E-state index is 0.113. The standard InChI is InChI=1S/C15H14FN3OS/c1-19(13-9-5-2-6-10(13)14(17)21)15(20)18-12-8-4-3-7-11(12)16/h2-9H,1H3,(H2,17,21)(H,18,20). The molecule has 0 fully saturated rings. The Hall–Kier alpha value is -2.47. The second-order valence-electron chi connectivity index (χ2n) is 4.35. The zero-order valence-corrected chi connectivity index (χ0v) is 12.2. The molecule has 0 aromatic heterocycles. The van der Waals surface area contributed by atoms with Gasteiger partial charge < -0.3 is 11.1 Å². The average Bonchev–Trinajstić information content (AvgIpc) is 2.48. The van der Waals surface area contributed by atoms with Crippen LogP contribution in [0.15, 0.2) is 48.5 Å². The molecule has 2 aromatic carbocycles. The number of halogens is 1. The number of hydrogen-bond donors (Lipinski definition) is 2. The molecule has 0 radical (unpaired) electrons. The zero-order valence-electron chi connectivity index (χ0n) is 11.3. The molecule has 0 saturated carbocycles.